The van der Waals surface area contributed by atoms with Crippen molar-refractivity contribution in [1.82, 2.24) is 15.0 Å². The number of allylic oxidation sites excluding steroid dienone is 6. The fraction of sp³-hybridized carbons (Fsp3) is 0.0408. The van der Waals surface area contributed by atoms with Crippen LogP contribution in [-0.2, 0) is 0 Å². The first-order valence-corrected chi connectivity index (χ1v) is 18.1. The van der Waals surface area contributed by atoms with Gasteiger partial charge in [-0.15, -0.1) is 0 Å². The van der Waals surface area contributed by atoms with Crippen molar-refractivity contribution in [3.05, 3.63) is 192 Å². The van der Waals surface area contributed by atoms with E-state index >= 15 is 0 Å². The van der Waals surface area contributed by atoms with E-state index in [4.69, 9.17) is 24.1 Å². The summed E-state index contributed by atoms with van der Waals surface area (Å²) in [6.07, 6.45) is 12.1. The highest BCUT2D eigenvalue weighted by molar-refractivity contribution is 6.09. The molecule has 6 aromatic carbocycles. The molecule has 3 aliphatic rings. The van der Waals surface area contributed by atoms with E-state index in [1.54, 1.807) is 0 Å². The molecule has 0 N–H and O–H groups in total. The topological polar surface area (TPSA) is 61.0 Å². The van der Waals surface area contributed by atoms with Gasteiger partial charge >= 0.3 is 0 Å². The summed E-state index contributed by atoms with van der Waals surface area (Å²) in [7, 11) is 0. The molecule has 0 amide bonds. The van der Waals surface area contributed by atoms with Crippen LogP contribution in [0.5, 0.6) is 5.75 Å². The van der Waals surface area contributed by atoms with Gasteiger partial charge in [0, 0.05) is 27.5 Å². The Labute approximate surface area is 310 Å². The molecule has 0 bridgehead atoms. The van der Waals surface area contributed by atoms with Gasteiger partial charge in [0.1, 0.15) is 23.0 Å². The predicted molar refractivity (Wildman–Crippen MR) is 216 cm³/mol. The van der Waals surface area contributed by atoms with Crippen LogP contribution in [-0.4, -0.2) is 21.1 Å². The molecule has 0 fully saturated rings. The van der Waals surface area contributed by atoms with Crippen molar-refractivity contribution in [3.8, 4) is 39.7 Å². The minimum Gasteiger partial charge on any atom is -0.484 e. The standard InChI is InChI=1S/C49H29N3O2/c1-3-14-30(15-4-1)32-21-11-24-40-44-37(22-13-27-43(44)54-45(32)40)35-28-29-39(34-19-8-7-18-33(34)35)48-50-47(31-16-5-2-6-17-31)51-49(52-48)41-25-12-23-38-36-20-9-10-26-42(36)53-46(38)41/h1-5,7-16,18-29,43-44H. The molecule has 2 aliphatic carbocycles. The zero-order chi connectivity index (χ0) is 35.6. The normalized spacial score (nSPS) is 16.7. The molecule has 0 saturated heterocycles. The smallest absolute Gasteiger partial charge is 0.172 e. The molecule has 5 heteroatoms. The number of fused-ring (bicyclic) bond motifs is 7. The van der Waals surface area contributed by atoms with Crippen molar-refractivity contribution in [1.29, 1.82) is 0 Å². The van der Waals surface area contributed by atoms with Crippen LogP contribution in [0.3, 0.4) is 0 Å². The Kier molecular flexibility index (Phi) is 6.83. The highest BCUT2D eigenvalue weighted by atomic mass is 16.5. The van der Waals surface area contributed by atoms with Crippen molar-refractivity contribution in [2.75, 3.05) is 0 Å². The number of nitrogens with zero attached hydrogens (tertiary/aromatic N) is 3. The average Bonchev–Trinajstić information content (AvgIpc) is 3.83. The van der Waals surface area contributed by atoms with Crippen LogP contribution in [0.4, 0.5) is 0 Å². The Bertz CT molecular complexity index is 3060. The highest BCUT2D eigenvalue weighted by Gasteiger charge is 2.39. The Balaban J connectivity index is 1.08. The minimum atomic E-state index is -0.100. The number of hydrogen-bond donors (Lipinski definition) is 0. The van der Waals surface area contributed by atoms with Gasteiger partial charge in [0.2, 0.25) is 0 Å². The largest absolute Gasteiger partial charge is 0.484 e. The average molecular weight is 692 g/mol. The SMILES string of the molecule is C1=C=C(c2nc(-c3ccc(C4=CC=CC5Oc6c(-c7ccccc7)cccc6C45)c4ccccc34)nc(-c3cccc4c3oc3ccccc34)n2)C=CC=1. The van der Waals surface area contributed by atoms with Crippen molar-refractivity contribution in [3.63, 3.8) is 0 Å². The monoisotopic (exact) mass is 691 g/mol. The summed E-state index contributed by atoms with van der Waals surface area (Å²) in [5.74, 6) is 2.62. The van der Waals surface area contributed by atoms with E-state index < -0.39 is 0 Å². The predicted octanol–water partition coefficient (Wildman–Crippen LogP) is 11.7. The van der Waals surface area contributed by atoms with E-state index in [-0.39, 0.29) is 12.0 Å². The fourth-order valence-corrected chi connectivity index (χ4v) is 8.17. The molecule has 3 heterocycles. The zero-order valence-electron chi connectivity index (χ0n) is 28.9. The van der Waals surface area contributed by atoms with Crippen LogP contribution >= 0.6 is 0 Å². The van der Waals surface area contributed by atoms with Crippen LogP contribution in [0.25, 0.3) is 77.8 Å². The number of benzene rings is 6. The molecule has 0 spiro atoms. The Morgan fingerprint density at radius 2 is 1.26 bits per heavy atom. The lowest BCUT2D eigenvalue weighted by Gasteiger charge is -2.24. The second-order valence-electron chi connectivity index (χ2n) is 13.7. The van der Waals surface area contributed by atoms with E-state index in [0.717, 1.165) is 71.9 Å². The minimum absolute atomic E-state index is 0.0486. The van der Waals surface area contributed by atoms with E-state index in [1.807, 2.05) is 54.6 Å². The van der Waals surface area contributed by atoms with Crippen molar-refractivity contribution in [2.45, 2.75) is 12.0 Å². The molecule has 0 radical (unpaired) electrons. The molecule has 2 atom stereocenters. The van der Waals surface area contributed by atoms with Gasteiger partial charge in [-0.2, -0.15) is 0 Å². The highest BCUT2D eigenvalue weighted by Crippen LogP contribution is 2.52. The summed E-state index contributed by atoms with van der Waals surface area (Å²) in [6.45, 7) is 0. The molecule has 2 unspecified atom stereocenters. The van der Waals surface area contributed by atoms with Gasteiger partial charge < -0.3 is 9.15 Å². The third-order valence-electron chi connectivity index (χ3n) is 10.6. The molecule has 2 aromatic heterocycles. The Morgan fingerprint density at radius 3 is 2.11 bits per heavy atom. The number of furan rings is 1. The lowest BCUT2D eigenvalue weighted by atomic mass is 9.79. The maximum absolute atomic E-state index is 6.75. The summed E-state index contributed by atoms with van der Waals surface area (Å²) in [5, 5.41) is 4.23. The van der Waals surface area contributed by atoms with Crippen LogP contribution in [0.1, 0.15) is 22.9 Å². The van der Waals surface area contributed by atoms with Gasteiger partial charge in [0.15, 0.2) is 17.5 Å². The van der Waals surface area contributed by atoms with Gasteiger partial charge in [-0.3, -0.25) is 0 Å². The maximum atomic E-state index is 6.75. The summed E-state index contributed by atoms with van der Waals surface area (Å²) >= 11 is 0. The van der Waals surface area contributed by atoms with E-state index in [1.165, 1.54) is 11.1 Å². The van der Waals surface area contributed by atoms with Crippen LogP contribution in [0.2, 0.25) is 0 Å². The third kappa shape index (κ3) is 4.78. The van der Waals surface area contributed by atoms with E-state index in [9.17, 15) is 0 Å². The molecular weight excluding hydrogens is 663 g/mol. The number of para-hydroxylation sites is 3. The lowest BCUT2D eigenvalue weighted by Crippen LogP contribution is -2.19. The molecule has 0 saturated carbocycles. The van der Waals surface area contributed by atoms with Gasteiger partial charge in [0.05, 0.1) is 17.1 Å². The fourth-order valence-electron chi connectivity index (χ4n) is 8.17. The molecule has 54 heavy (non-hydrogen) atoms. The van der Waals surface area contributed by atoms with Gasteiger partial charge in [-0.05, 0) is 63.9 Å². The molecule has 1 aliphatic heterocycles. The first kappa shape index (κ1) is 30.3. The van der Waals surface area contributed by atoms with Gasteiger partial charge in [-0.1, -0.05) is 139 Å². The Hall–Kier alpha value is -7.29. The first-order chi connectivity index (χ1) is 26.8. The van der Waals surface area contributed by atoms with E-state index in [2.05, 4.69) is 121 Å². The second-order valence-corrected chi connectivity index (χ2v) is 13.7. The van der Waals surface area contributed by atoms with Crippen molar-refractivity contribution in [2.24, 2.45) is 0 Å². The number of ether oxygens (including phenoxy) is 1. The first-order valence-electron chi connectivity index (χ1n) is 18.1. The zero-order valence-corrected chi connectivity index (χ0v) is 28.9. The van der Waals surface area contributed by atoms with Crippen molar-refractivity contribution >= 4 is 43.9 Å². The molecular formula is C49H29N3O2. The lowest BCUT2D eigenvalue weighted by molar-refractivity contribution is 0.272. The third-order valence-corrected chi connectivity index (χ3v) is 10.6. The van der Waals surface area contributed by atoms with E-state index in [0.29, 0.717) is 17.5 Å². The molecule has 8 aromatic rings. The quantitative estimate of drug-likeness (QED) is 0.168. The summed E-state index contributed by atoms with van der Waals surface area (Å²) in [5.41, 5.74) is 16.1. The van der Waals surface area contributed by atoms with Crippen LogP contribution < -0.4 is 4.74 Å². The number of hydrogen-bond acceptors (Lipinski definition) is 5. The summed E-state index contributed by atoms with van der Waals surface area (Å²) in [4.78, 5) is 15.3. The Morgan fingerprint density at radius 1 is 0.556 bits per heavy atom. The molecule has 252 valence electrons. The van der Waals surface area contributed by atoms with Gasteiger partial charge in [0.25, 0.3) is 0 Å². The molecule has 5 nitrogen and oxygen atoms in total. The maximum Gasteiger partial charge on any atom is 0.172 e. The second kappa shape index (κ2) is 12.2. The number of aromatic nitrogens is 3. The van der Waals surface area contributed by atoms with Crippen LogP contribution in [0.15, 0.2) is 180 Å². The van der Waals surface area contributed by atoms with Crippen LogP contribution in [0, 0.1) is 0 Å². The summed E-state index contributed by atoms with van der Waals surface area (Å²) in [6, 6.07) is 44.1. The molecule has 11 rings (SSSR count). The van der Waals surface area contributed by atoms with Crippen molar-refractivity contribution < 1.29 is 9.15 Å². The van der Waals surface area contributed by atoms with Gasteiger partial charge in [-0.25, -0.2) is 15.0 Å². The summed E-state index contributed by atoms with van der Waals surface area (Å²) < 4.78 is 13.2. The number of rotatable bonds is 5.